The van der Waals surface area contributed by atoms with Crippen molar-refractivity contribution in [3.05, 3.63) is 198 Å². The Labute approximate surface area is 258 Å². The molecular weight excluding hydrogens is 530 g/mol. The highest BCUT2D eigenvalue weighted by Gasteiger charge is 2.51. The van der Waals surface area contributed by atoms with E-state index in [0.29, 0.717) is 0 Å². The van der Waals surface area contributed by atoms with Gasteiger partial charge in [-0.05, 0) is 92.0 Å². The molecule has 0 heterocycles. The summed E-state index contributed by atoms with van der Waals surface area (Å²) in [6.07, 6.45) is 0. The van der Waals surface area contributed by atoms with Crippen molar-refractivity contribution >= 4 is 17.1 Å². The largest absolute Gasteiger partial charge is 0.311 e. The summed E-state index contributed by atoms with van der Waals surface area (Å²) in [4.78, 5) is 2.32. The van der Waals surface area contributed by atoms with Gasteiger partial charge in [0, 0.05) is 17.1 Å². The Hall–Kier alpha value is -5.66. The Bertz CT molecular complexity index is 2080. The van der Waals surface area contributed by atoms with Gasteiger partial charge in [-0.2, -0.15) is 0 Å². The lowest BCUT2D eigenvalue weighted by atomic mass is 9.70. The Balaban J connectivity index is 1.24. The normalized spacial score (nSPS) is 13.2. The van der Waals surface area contributed by atoms with Crippen molar-refractivity contribution in [3.63, 3.8) is 0 Å². The minimum absolute atomic E-state index is 0.327. The second kappa shape index (κ2) is 9.69. The van der Waals surface area contributed by atoms with Gasteiger partial charge in [0.1, 0.15) is 0 Å². The quantitative estimate of drug-likeness (QED) is 0.207. The van der Waals surface area contributed by atoms with Gasteiger partial charge in [0.2, 0.25) is 0 Å². The lowest BCUT2D eigenvalue weighted by molar-refractivity contribution is 0.794. The lowest BCUT2D eigenvalue weighted by Gasteiger charge is -2.30. The van der Waals surface area contributed by atoms with Crippen LogP contribution in [0.2, 0.25) is 0 Å². The molecule has 1 nitrogen and oxygen atoms in total. The van der Waals surface area contributed by atoms with Crippen LogP contribution in [0.5, 0.6) is 0 Å². The molecule has 0 unspecified atom stereocenters. The van der Waals surface area contributed by atoms with Crippen LogP contribution in [0.4, 0.5) is 17.1 Å². The molecular formula is C43H29N. The Kier molecular flexibility index (Phi) is 5.48. The molecule has 0 aliphatic heterocycles. The molecule has 0 saturated carbocycles. The maximum Gasteiger partial charge on any atom is 0.0725 e. The van der Waals surface area contributed by atoms with Gasteiger partial charge < -0.3 is 4.90 Å². The van der Waals surface area contributed by atoms with E-state index in [1.165, 1.54) is 55.6 Å². The third-order valence-corrected chi connectivity index (χ3v) is 9.49. The minimum atomic E-state index is -0.327. The number of anilines is 3. The van der Waals surface area contributed by atoms with Crippen LogP contribution in [0.25, 0.3) is 33.4 Å². The number of hydrogen-bond acceptors (Lipinski definition) is 1. The van der Waals surface area contributed by atoms with Gasteiger partial charge in [0.25, 0.3) is 0 Å². The van der Waals surface area contributed by atoms with Gasteiger partial charge in [-0.15, -0.1) is 0 Å². The molecule has 0 radical (unpaired) electrons. The van der Waals surface area contributed by atoms with E-state index in [1.54, 1.807) is 0 Å². The van der Waals surface area contributed by atoms with Crippen molar-refractivity contribution in [1.29, 1.82) is 0 Å². The summed E-state index contributed by atoms with van der Waals surface area (Å²) in [6, 6.07) is 64.2. The van der Waals surface area contributed by atoms with E-state index in [9.17, 15) is 0 Å². The molecule has 1 heteroatoms. The van der Waals surface area contributed by atoms with Crippen molar-refractivity contribution in [2.24, 2.45) is 0 Å². The fourth-order valence-electron chi connectivity index (χ4n) is 7.78. The van der Waals surface area contributed by atoms with Gasteiger partial charge in [-0.25, -0.2) is 0 Å². The summed E-state index contributed by atoms with van der Waals surface area (Å²) in [5.41, 5.74) is 16.4. The molecule has 44 heavy (non-hydrogen) atoms. The SMILES string of the molecule is c1ccc(N(c2ccccc2)c2ccc(-c3cccc4c3-c3ccccc3C43c4ccccc4-c4ccccc43)cc2)cc1. The van der Waals surface area contributed by atoms with Crippen LogP contribution in [0.3, 0.4) is 0 Å². The van der Waals surface area contributed by atoms with E-state index in [4.69, 9.17) is 0 Å². The number of nitrogens with zero attached hydrogens (tertiary/aromatic N) is 1. The van der Waals surface area contributed by atoms with Crippen molar-refractivity contribution in [3.8, 4) is 33.4 Å². The highest BCUT2D eigenvalue weighted by atomic mass is 15.1. The van der Waals surface area contributed by atoms with Crippen LogP contribution in [-0.4, -0.2) is 0 Å². The maximum atomic E-state index is 2.36. The third kappa shape index (κ3) is 3.41. The third-order valence-electron chi connectivity index (χ3n) is 9.49. The number of benzene rings is 7. The molecule has 0 saturated heterocycles. The van der Waals surface area contributed by atoms with Crippen LogP contribution in [0, 0.1) is 0 Å². The molecule has 7 aromatic carbocycles. The molecule has 0 atom stereocenters. The second-order valence-corrected chi connectivity index (χ2v) is 11.7. The van der Waals surface area contributed by atoms with Crippen LogP contribution >= 0.6 is 0 Å². The van der Waals surface area contributed by atoms with Crippen molar-refractivity contribution < 1.29 is 0 Å². The second-order valence-electron chi connectivity index (χ2n) is 11.7. The number of hydrogen-bond donors (Lipinski definition) is 0. The van der Waals surface area contributed by atoms with Crippen molar-refractivity contribution in [2.45, 2.75) is 5.41 Å². The predicted molar refractivity (Wildman–Crippen MR) is 183 cm³/mol. The fourth-order valence-corrected chi connectivity index (χ4v) is 7.78. The Morgan fingerprint density at radius 3 is 1.27 bits per heavy atom. The van der Waals surface area contributed by atoms with E-state index in [0.717, 1.165) is 17.1 Å². The topological polar surface area (TPSA) is 3.24 Å². The monoisotopic (exact) mass is 559 g/mol. The standard InChI is InChI=1S/C43H29N/c1-3-14-31(15-4-1)44(32-16-5-2-6-17-32)33-28-26-30(27-29-33)34-21-13-25-41-42(34)37-20-9-12-24-40(37)43(41)38-22-10-7-18-35(38)36-19-8-11-23-39(36)43/h1-29H. The molecule has 0 fully saturated rings. The van der Waals surface area contributed by atoms with Gasteiger partial charge in [-0.1, -0.05) is 140 Å². The molecule has 0 N–H and O–H groups in total. The fraction of sp³-hybridized carbons (Fsp3) is 0.0233. The summed E-state index contributed by atoms with van der Waals surface area (Å²) in [7, 11) is 0. The first kappa shape index (κ1) is 24.9. The maximum absolute atomic E-state index is 2.36. The minimum Gasteiger partial charge on any atom is -0.311 e. The molecule has 0 amide bonds. The Morgan fingerprint density at radius 2 is 0.705 bits per heavy atom. The van der Waals surface area contributed by atoms with Crippen LogP contribution in [0.15, 0.2) is 176 Å². The first-order valence-electron chi connectivity index (χ1n) is 15.3. The molecule has 2 aliphatic carbocycles. The van der Waals surface area contributed by atoms with E-state index in [2.05, 4.69) is 181 Å². The first-order chi connectivity index (χ1) is 21.9. The zero-order valence-corrected chi connectivity index (χ0v) is 24.2. The lowest BCUT2D eigenvalue weighted by Crippen LogP contribution is -2.25. The average Bonchev–Trinajstić information content (AvgIpc) is 3.57. The van der Waals surface area contributed by atoms with Gasteiger partial charge in [-0.3, -0.25) is 0 Å². The van der Waals surface area contributed by atoms with Crippen molar-refractivity contribution in [1.82, 2.24) is 0 Å². The number of rotatable bonds is 4. The molecule has 0 aromatic heterocycles. The van der Waals surface area contributed by atoms with Crippen LogP contribution in [0.1, 0.15) is 22.3 Å². The summed E-state index contributed by atoms with van der Waals surface area (Å²) >= 11 is 0. The molecule has 9 rings (SSSR count). The zero-order chi connectivity index (χ0) is 29.1. The van der Waals surface area contributed by atoms with E-state index < -0.39 is 0 Å². The average molecular weight is 560 g/mol. The summed E-state index contributed by atoms with van der Waals surface area (Å²) in [5.74, 6) is 0. The van der Waals surface area contributed by atoms with Gasteiger partial charge in [0.15, 0.2) is 0 Å². The van der Waals surface area contributed by atoms with E-state index >= 15 is 0 Å². The van der Waals surface area contributed by atoms with E-state index in [1.807, 2.05) is 0 Å². The van der Waals surface area contributed by atoms with Gasteiger partial charge >= 0.3 is 0 Å². The highest BCUT2D eigenvalue weighted by Crippen LogP contribution is 2.63. The zero-order valence-electron chi connectivity index (χ0n) is 24.2. The van der Waals surface area contributed by atoms with Crippen molar-refractivity contribution in [2.75, 3.05) is 4.90 Å². The smallest absolute Gasteiger partial charge is 0.0725 e. The Morgan fingerprint density at radius 1 is 0.295 bits per heavy atom. The first-order valence-corrected chi connectivity index (χ1v) is 15.3. The molecule has 2 aliphatic rings. The number of para-hydroxylation sites is 2. The summed E-state index contributed by atoms with van der Waals surface area (Å²) < 4.78 is 0. The van der Waals surface area contributed by atoms with E-state index in [-0.39, 0.29) is 5.41 Å². The van der Waals surface area contributed by atoms with Crippen LogP contribution in [-0.2, 0) is 5.41 Å². The van der Waals surface area contributed by atoms with Gasteiger partial charge in [0.05, 0.1) is 5.41 Å². The molecule has 1 spiro atoms. The molecule has 7 aromatic rings. The molecule has 0 bridgehead atoms. The summed E-state index contributed by atoms with van der Waals surface area (Å²) in [6.45, 7) is 0. The number of fused-ring (bicyclic) bond motifs is 10. The van der Waals surface area contributed by atoms with Crippen LogP contribution < -0.4 is 4.90 Å². The highest BCUT2D eigenvalue weighted by molar-refractivity contribution is 6.00. The summed E-state index contributed by atoms with van der Waals surface area (Å²) in [5, 5.41) is 0. The predicted octanol–water partition coefficient (Wildman–Crippen LogP) is 11.2. The molecule has 206 valence electrons.